The topological polar surface area (TPSA) is 76.2 Å². The smallest absolute Gasteiger partial charge is 0.328 e. The van der Waals surface area contributed by atoms with Gasteiger partial charge in [0.1, 0.15) is 0 Å². The maximum atomic E-state index is 10.4. The number of nitrogens with zero attached hydrogens (tertiary/aromatic N) is 2. The van der Waals surface area contributed by atoms with Gasteiger partial charge in [-0.05, 0) is 12.5 Å². The molecule has 0 amide bonds. The lowest BCUT2D eigenvalue weighted by Crippen LogP contribution is -1.95. The molecule has 1 atom stereocenters. The second kappa shape index (κ2) is 5.27. The molecule has 5 nitrogen and oxygen atoms in total. The number of hydrogen-bond acceptors (Lipinski definition) is 4. The Bertz CT molecular complexity index is 561. The third kappa shape index (κ3) is 2.82. The first-order valence-corrected chi connectivity index (χ1v) is 5.46. The van der Waals surface area contributed by atoms with Gasteiger partial charge in [0.15, 0.2) is 0 Å². The molecule has 2 aromatic rings. The van der Waals surface area contributed by atoms with Crippen LogP contribution >= 0.6 is 0 Å². The van der Waals surface area contributed by atoms with E-state index in [-0.39, 0.29) is 11.8 Å². The van der Waals surface area contributed by atoms with Crippen LogP contribution in [0.25, 0.3) is 6.08 Å². The minimum Gasteiger partial charge on any atom is -0.478 e. The molecule has 5 heteroatoms. The van der Waals surface area contributed by atoms with E-state index in [1.54, 1.807) is 0 Å². The Labute approximate surface area is 104 Å². The predicted molar refractivity (Wildman–Crippen MR) is 64.9 cm³/mol. The minimum absolute atomic E-state index is 0.0225. The summed E-state index contributed by atoms with van der Waals surface area (Å²) < 4.78 is 5.38. The van der Waals surface area contributed by atoms with Crippen molar-refractivity contribution in [2.24, 2.45) is 0 Å². The molecule has 2 rings (SSSR count). The number of carboxylic acids is 1. The molecule has 1 aromatic carbocycles. The van der Waals surface area contributed by atoms with Gasteiger partial charge in [0.2, 0.25) is 11.8 Å². The van der Waals surface area contributed by atoms with E-state index in [1.165, 1.54) is 6.08 Å². The van der Waals surface area contributed by atoms with Crippen LogP contribution in [0.5, 0.6) is 0 Å². The highest BCUT2D eigenvalue weighted by Gasteiger charge is 2.14. The van der Waals surface area contributed by atoms with Gasteiger partial charge in [-0.25, -0.2) is 4.79 Å². The Balaban J connectivity index is 2.17. The third-order valence-electron chi connectivity index (χ3n) is 2.49. The van der Waals surface area contributed by atoms with Crippen LogP contribution in [0.4, 0.5) is 0 Å². The average Bonchev–Trinajstić information content (AvgIpc) is 2.85. The van der Waals surface area contributed by atoms with Crippen LogP contribution in [-0.2, 0) is 4.79 Å². The molecular weight excluding hydrogens is 232 g/mol. The van der Waals surface area contributed by atoms with Crippen molar-refractivity contribution in [1.29, 1.82) is 0 Å². The van der Waals surface area contributed by atoms with Gasteiger partial charge in [-0.1, -0.05) is 30.3 Å². The fourth-order valence-corrected chi connectivity index (χ4v) is 1.52. The van der Waals surface area contributed by atoms with E-state index >= 15 is 0 Å². The fraction of sp³-hybridized carbons (Fsp3) is 0.154. The van der Waals surface area contributed by atoms with E-state index in [0.717, 1.165) is 11.6 Å². The lowest BCUT2D eigenvalue weighted by molar-refractivity contribution is -0.131. The zero-order valence-electron chi connectivity index (χ0n) is 9.78. The number of aliphatic carboxylic acids is 1. The van der Waals surface area contributed by atoms with Crippen molar-refractivity contribution < 1.29 is 14.3 Å². The van der Waals surface area contributed by atoms with Crippen molar-refractivity contribution in [3.63, 3.8) is 0 Å². The minimum atomic E-state index is -1.05. The maximum Gasteiger partial charge on any atom is 0.328 e. The number of aromatic nitrogens is 2. The Morgan fingerprint density at radius 1 is 1.33 bits per heavy atom. The summed E-state index contributed by atoms with van der Waals surface area (Å²) in [5.41, 5.74) is 1.06. The molecular formula is C13H12N2O3. The molecule has 1 heterocycles. The normalized spacial score (nSPS) is 12.7. The van der Waals surface area contributed by atoms with Gasteiger partial charge in [-0.2, -0.15) is 0 Å². The average molecular weight is 244 g/mol. The van der Waals surface area contributed by atoms with Crippen LogP contribution < -0.4 is 0 Å². The summed E-state index contributed by atoms with van der Waals surface area (Å²) in [5.74, 6) is -0.419. The number of rotatable bonds is 4. The molecule has 1 aromatic heterocycles. The summed E-state index contributed by atoms with van der Waals surface area (Å²) in [6.07, 6.45) is 2.24. The molecule has 0 spiro atoms. The maximum absolute atomic E-state index is 10.4. The Morgan fingerprint density at radius 2 is 2.06 bits per heavy atom. The second-order valence-electron chi connectivity index (χ2n) is 3.78. The predicted octanol–water partition coefficient (Wildman–Crippen LogP) is 2.32. The first-order valence-electron chi connectivity index (χ1n) is 5.46. The first-order chi connectivity index (χ1) is 8.66. The van der Waals surface area contributed by atoms with Gasteiger partial charge >= 0.3 is 5.97 Å². The zero-order chi connectivity index (χ0) is 13.0. The van der Waals surface area contributed by atoms with E-state index in [0.29, 0.717) is 5.89 Å². The molecule has 1 unspecified atom stereocenters. The van der Waals surface area contributed by atoms with E-state index in [4.69, 9.17) is 9.52 Å². The SMILES string of the molecule is CC(c1ccccc1)c1nnc(/C=C/C(=O)O)o1. The summed E-state index contributed by atoms with van der Waals surface area (Å²) in [6, 6.07) is 9.76. The fourth-order valence-electron chi connectivity index (χ4n) is 1.52. The van der Waals surface area contributed by atoms with Crippen molar-refractivity contribution in [2.75, 3.05) is 0 Å². The van der Waals surface area contributed by atoms with Crippen LogP contribution in [0.3, 0.4) is 0 Å². The van der Waals surface area contributed by atoms with Crippen molar-refractivity contribution in [3.8, 4) is 0 Å². The standard InChI is InChI=1S/C13H12N2O3/c1-9(10-5-3-2-4-6-10)13-15-14-11(18-13)7-8-12(16)17/h2-9H,1H3,(H,16,17)/b8-7+. The highest BCUT2D eigenvalue weighted by molar-refractivity contribution is 5.84. The van der Waals surface area contributed by atoms with Crippen LogP contribution in [0.1, 0.15) is 30.2 Å². The van der Waals surface area contributed by atoms with E-state index in [2.05, 4.69) is 10.2 Å². The lowest BCUT2D eigenvalue weighted by Gasteiger charge is -2.05. The molecule has 0 bridgehead atoms. The van der Waals surface area contributed by atoms with Gasteiger partial charge in [0.05, 0.1) is 5.92 Å². The molecule has 0 aliphatic heterocycles. The van der Waals surface area contributed by atoms with E-state index in [1.807, 2.05) is 37.3 Å². The number of carbonyl (C=O) groups is 1. The molecule has 1 N–H and O–H groups in total. The zero-order valence-corrected chi connectivity index (χ0v) is 9.78. The summed E-state index contributed by atoms with van der Waals surface area (Å²) in [5, 5.41) is 16.2. The molecule has 0 fully saturated rings. The van der Waals surface area contributed by atoms with Crippen LogP contribution in [0.15, 0.2) is 40.8 Å². The Hall–Kier alpha value is -2.43. The molecule has 18 heavy (non-hydrogen) atoms. The van der Waals surface area contributed by atoms with Crippen molar-refractivity contribution in [1.82, 2.24) is 10.2 Å². The number of hydrogen-bond donors (Lipinski definition) is 1. The molecule has 0 aliphatic rings. The van der Waals surface area contributed by atoms with Gasteiger partial charge < -0.3 is 9.52 Å². The molecule has 0 saturated heterocycles. The van der Waals surface area contributed by atoms with Crippen LogP contribution in [-0.4, -0.2) is 21.3 Å². The van der Waals surface area contributed by atoms with Gasteiger partial charge in [0, 0.05) is 12.2 Å². The summed E-state index contributed by atoms with van der Waals surface area (Å²) in [7, 11) is 0. The largest absolute Gasteiger partial charge is 0.478 e. The monoisotopic (exact) mass is 244 g/mol. The summed E-state index contributed by atoms with van der Waals surface area (Å²) in [4.78, 5) is 10.4. The summed E-state index contributed by atoms with van der Waals surface area (Å²) in [6.45, 7) is 1.95. The van der Waals surface area contributed by atoms with Crippen molar-refractivity contribution in [3.05, 3.63) is 53.8 Å². The Morgan fingerprint density at radius 3 is 2.72 bits per heavy atom. The quantitative estimate of drug-likeness (QED) is 0.835. The Kier molecular flexibility index (Phi) is 3.52. The number of benzene rings is 1. The van der Waals surface area contributed by atoms with Gasteiger partial charge in [-0.15, -0.1) is 10.2 Å². The molecule has 0 saturated carbocycles. The van der Waals surface area contributed by atoms with Crippen molar-refractivity contribution >= 4 is 12.0 Å². The van der Waals surface area contributed by atoms with Crippen molar-refractivity contribution in [2.45, 2.75) is 12.8 Å². The van der Waals surface area contributed by atoms with Crippen LogP contribution in [0.2, 0.25) is 0 Å². The van der Waals surface area contributed by atoms with Crippen LogP contribution in [0, 0.1) is 0 Å². The molecule has 92 valence electrons. The highest BCUT2D eigenvalue weighted by Crippen LogP contribution is 2.22. The second-order valence-corrected chi connectivity index (χ2v) is 3.78. The van der Waals surface area contributed by atoms with Gasteiger partial charge in [0.25, 0.3) is 0 Å². The van der Waals surface area contributed by atoms with E-state index < -0.39 is 5.97 Å². The molecule has 0 radical (unpaired) electrons. The third-order valence-corrected chi connectivity index (χ3v) is 2.49. The molecule has 0 aliphatic carbocycles. The van der Waals surface area contributed by atoms with Gasteiger partial charge in [-0.3, -0.25) is 0 Å². The highest BCUT2D eigenvalue weighted by atomic mass is 16.4. The first kappa shape index (κ1) is 12.0. The lowest BCUT2D eigenvalue weighted by atomic mass is 10.0. The number of carboxylic acid groups (broad SMARTS) is 1. The summed E-state index contributed by atoms with van der Waals surface area (Å²) >= 11 is 0. The van der Waals surface area contributed by atoms with E-state index in [9.17, 15) is 4.79 Å².